The summed E-state index contributed by atoms with van der Waals surface area (Å²) in [5, 5.41) is 0. The Balaban J connectivity index is 2.89. The monoisotopic (exact) mass is 346 g/mol. The summed E-state index contributed by atoms with van der Waals surface area (Å²) in [5.74, 6) is -0.279. The van der Waals surface area contributed by atoms with Gasteiger partial charge in [0.05, 0.1) is 6.42 Å². The highest BCUT2D eigenvalue weighted by atomic mass is 79.9. The van der Waals surface area contributed by atoms with Gasteiger partial charge in [-0.1, -0.05) is 26.0 Å². The van der Waals surface area contributed by atoms with Gasteiger partial charge in [0.15, 0.2) is 5.78 Å². The lowest BCUT2D eigenvalue weighted by Gasteiger charge is -2.06. The van der Waals surface area contributed by atoms with Crippen molar-refractivity contribution in [2.45, 2.75) is 20.3 Å². The maximum Gasteiger partial charge on any atom is 0.171 e. The van der Waals surface area contributed by atoms with E-state index in [-0.39, 0.29) is 23.9 Å². The molecule has 0 unspecified atom stereocenters. The Labute approximate surface area is 112 Å². The van der Waals surface area contributed by atoms with Gasteiger partial charge in [0, 0.05) is 20.4 Å². The van der Waals surface area contributed by atoms with E-state index in [0.29, 0.717) is 10.0 Å². The van der Waals surface area contributed by atoms with Gasteiger partial charge >= 0.3 is 0 Å². The second kappa shape index (κ2) is 5.73. The van der Waals surface area contributed by atoms with E-state index in [1.54, 1.807) is 26.0 Å². The zero-order valence-electron chi connectivity index (χ0n) is 9.09. The standard InChI is InChI=1S/C12H12Br2O2/c1-7(2)10(15)6-11(16)8-4-3-5-9(13)12(8)14/h3-5,7H,6H2,1-2H3. The van der Waals surface area contributed by atoms with Crippen molar-refractivity contribution in [3.63, 3.8) is 0 Å². The molecule has 1 aromatic carbocycles. The van der Waals surface area contributed by atoms with Gasteiger partial charge < -0.3 is 0 Å². The third-order valence-electron chi connectivity index (χ3n) is 2.23. The van der Waals surface area contributed by atoms with Crippen LogP contribution in [0.25, 0.3) is 0 Å². The first kappa shape index (κ1) is 13.6. The van der Waals surface area contributed by atoms with Crippen molar-refractivity contribution in [3.05, 3.63) is 32.7 Å². The number of Topliss-reactive ketones (excluding diaryl/α,β-unsaturated/α-hetero) is 2. The average molecular weight is 348 g/mol. The number of rotatable bonds is 4. The van der Waals surface area contributed by atoms with E-state index in [2.05, 4.69) is 31.9 Å². The Morgan fingerprint density at radius 3 is 2.44 bits per heavy atom. The molecule has 0 spiro atoms. The summed E-state index contributed by atoms with van der Waals surface area (Å²) in [5.41, 5.74) is 0.545. The number of hydrogen-bond donors (Lipinski definition) is 0. The third kappa shape index (κ3) is 3.25. The van der Waals surface area contributed by atoms with Crippen LogP contribution in [0.3, 0.4) is 0 Å². The van der Waals surface area contributed by atoms with Crippen LogP contribution >= 0.6 is 31.9 Å². The SMILES string of the molecule is CC(C)C(=O)CC(=O)c1cccc(Br)c1Br. The van der Waals surface area contributed by atoms with E-state index in [9.17, 15) is 9.59 Å². The first-order valence-corrected chi connectivity index (χ1v) is 6.52. The second-order valence-electron chi connectivity index (χ2n) is 3.82. The molecule has 4 heteroatoms. The highest BCUT2D eigenvalue weighted by molar-refractivity contribution is 9.13. The predicted octanol–water partition coefficient (Wildman–Crippen LogP) is 4.01. The molecule has 0 radical (unpaired) electrons. The molecule has 1 aromatic rings. The van der Waals surface area contributed by atoms with Gasteiger partial charge in [0.1, 0.15) is 5.78 Å². The van der Waals surface area contributed by atoms with Crippen LogP contribution in [0.5, 0.6) is 0 Å². The largest absolute Gasteiger partial charge is 0.299 e. The average Bonchev–Trinajstić information content (AvgIpc) is 2.21. The number of carbonyl (C=O) groups is 2. The molecule has 0 atom stereocenters. The number of ketones is 2. The second-order valence-corrected chi connectivity index (χ2v) is 5.47. The number of hydrogen-bond acceptors (Lipinski definition) is 2. The summed E-state index contributed by atoms with van der Waals surface area (Å²) < 4.78 is 1.52. The summed E-state index contributed by atoms with van der Waals surface area (Å²) in [4.78, 5) is 23.3. The van der Waals surface area contributed by atoms with Crippen LogP contribution in [-0.4, -0.2) is 11.6 Å². The molecule has 0 saturated heterocycles. The molecule has 0 aliphatic rings. The number of carbonyl (C=O) groups excluding carboxylic acids is 2. The summed E-state index contributed by atoms with van der Waals surface area (Å²) in [6, 6.07) is 5.33. The fraction of sp³-hybridized carbons (Fsp3) is 0.333. The van der Waals surface area contributed by atoms with Crippen LogP contribution in [-0.2, 0) is 4.79 Å². The molecule has 2 nitrogen and oxygen atoms in total. The Kier molecular flexibility index (Phi) is 4.87. The highest BCUT2D eigenvalue weighted by Gasteiger charge is 2.17. The van der Waals surface area contributed by atoms with Crippen molar-refractivity contribution in [2.24, 2.45) is 5.92 Å². The molecular weight excluding hydrogens is 336 g/mol. The van der Waals surface area contributed by atoms with E-state index >= 15 is 0 Å². The molecule has 0 aliphatic heterocycles. The molecule has 1 rings (SSSR count). The van der Waals surface area contributed by atoms with Crippen molar-refractivity contribution >= 4 is 43.4 Å². The fourth-order valence-corrected chi connectivity index (χ4v) is 2.03. The molecule has 0 aliphatic carbocycles. The van der Waals surface area contributed by atoms with Gasteiger partial charge in [-0.25, -0.2) is 0 Å². The zero-order chi connectivity index (χ0) is 12.3. The van der Waals surface area contributed by atoms with Crippen molar-refractivity contribution in [3.8, 4) is 0 Å². The summed E-state index contributed by atoms with van der Waals surface area (Å²) >= 11 is 6.65. The number of benzene rings is 1. The lowest BCUT2D eigenvalue weighted by molar-refractivity contribution is -0.121. The van der Waals surface area contributed by atoms with Crippen molar-refractivity contribution < 1.29 is 9.59 Å². The first-order valence-electron chi connectivity index (χ1n) is 4.93. The Hall–Kier alpha value is -0.480. The smallest absolute Gasteiger partial charge is 0.171 e. The van der Waals surface area contributed by atoms with Crippen molar-refractivity contribution in [1.29, 1.82) is 0 Å². The molecule has 0 saturated carbocycles. The first-order chi connectivity index (χ1) is 7.43. The quantitative estimate of drug-likeness (QED) is 0.609. The lowest BCUT2D eigenvalue weighted by atomic mass is 10.00. The minimum absolute atomic E-state index is 0.0307. The van der Waals surface area contributed by atoms with E-state index < -0.39 is 0 Å². The molecule has 0 aromatic heterocycles. The van der Waals surface area contributed by atoms with Crippen molar-refractivity contribution in [2.75, 3.05) is 0 Å². The van der Waals surface area contributed by atoms with Crippen LogP contribution in [0.1, 0.15) is 30.6 Å². The molecule has 86 valence electrons. The van der Waals surface area contributed by atoms with Gasteiger partial charge in [-0.15, -0.1) is 0 Å². The maximum absolute atomic E-state index is 11.9. The van der Waals surface area contributed by atoms with Gasteiger partial charge in [-0.2, -0.15) is 0 Å². The van der Waals surface area contributed by atoms with E-state index in [0.717, 1.165) is 4.47 Å². The third-order valence-corrected chi connectivity index (χ3v) is 4.28. The fourth-order valence-electron chi connectivity index (χ4n) is 1.18. The maximum atomic E-state index is 11.9. The van der Waals surface area contributed by atoms with E-state index in [1.165, 1.54) is 0 Å². The predicted molar refractivity (Wildman–Crippen MR) is 70.6 cm³/mol. The highest BCUT2D eigenvalue weighted by Crippen LogP contribution is 2.27. The summed E-state index contributed by atoms with van der Waals surface area (Å²) in [6.45, 7) is 3.59. The minimum atomic E-state index is -0.146. The molecule has 16 heavy (non-hydrogen) atoms. The molecule has 0 amide bonds. The van der Waals surface area contributed by atoms with Crippen LogP contribution in [0.15, 0.2) is 27.1 Å². The minimum Gasteiger partial charge on any atom is -0.299 e. The Bertz CT molecular complexity index is 425. The molecule has 0 bridgehead atoms. The summed E-state index contributed by atoms with van der Waals surface area (Å²) in [6.07, 6.45) is -0.0350. The Morgan fingerprint density at radius 1 is 1.25 bits per heavy atom. The van der Waals surface area contributed by atoms with Crippen LogP contribution < -0.4 is 0 Å². The van der Waals surface area contributed by atoms with Gasteiger partial charge in [0.25, 0.3) is 0 Å². The zero-order valence-corrected chi connectivity index (χ0v) is 12.3. The molecule has 0 heterocycles. The molecule has 0 fully saturated rings. The Morgan fingerprint density at radius 2 is 1.88 bits per heavy atom. The van der Waals surface area contributed by atoms with Crippen LogP contribution in [0, 0.1) is 5.92 Å². The van der Waals surface area contributed by atoms with Gasteiger partial charge in [-0.3, -0.25) is 9.59 Å². The van der Waals surface area contributed by atoms with Crippen LogP contribution in [0.4, 0.5) is 0 Å². The molecular formula is C12H12Br2O2. The lowest BCUT2D eigenvalue weighted by Crippen LogP contribution is -2.13. The summed E-state index contributed by atoms with van der Waals surface area (Å²) in [7, 11) is 0. The van der Waals surface area contributed by atoms with Crippen molar-refractivity contribution in [1.82, 2.24) is 0 Å². The molecule has 0 N–H and O–H groups in total. The normalized spacial score (nSPS) is 10.6. The van der Waals surface area contributed by atoms with E-state index in [4.69, 9.17) is 0 Å². The van der Waals surface area contributed by atoms with Gasteiger partial charge in [0.2, 0.25) is 0 Å². The van der Waals surface area contributed by atoms with E-state index in [1.807, 2.05) is 6.07 Å². The van der Waals surface area contributed by atoms with Crippen LogP contribution in [0.2, 0.25) is 0 Å². The van der Waals surface area contributed by atoms with Gasteiger partial charge in [-0.05, 0) is 37.9 Å². The number of halogens is 2. The topological polar surface area (TPSA) is 34.1 Å².